The second-order valence-electron chi connectivity index (χ2n) is 5.92. The Morgan fingerprint density at radius 2 is 1.56 bits per heavy atom. The zero-order chi connectivity index (χ0) is 17.9. The van der Waals surface area contributed by atoms with E-state index in [0.29, 0.717) is 18.0 Å². The van der Waals surface area contributed by atoms with Gasteiger partial charge in [-0.25, -0.2) is 8.42 Å². The summed E-state index contributed by atoms with van der Waals surface area (Å²) in [4.78, 5) is 0.268. The number of likely N-dealkylation sites (N-methyl/N-ethyl adjacent to an activating group) is 1. The molecule has 1 unspecified atom stereocenters. The van der Waals surface area contributed by atoms with Gasteiger partial charge in [0.25, 0.3) is 0 Å². The van der Waals surface area contributed by atoms with Gasteiger partial charge in [0.15, 0.2) is 0 Å². The van der Waals surface area contributed by atoms with Gasteiger partial charge in [0.2, 0.25) is 10.0 Å². The topological polar surface area (TPSA) is 67.9 Å². The lowest BCUT2D eigenvalue weighted by molar-refractivity contribution is 0.387. The van der Waals surface area contributed by atoms with Crippen molar-refractivity contribution in [1.82, 2.24) is 9.62 Å². The van der Waals surface area contributed by atoms with E-state index in [2.05, 4.69) is 5.32 Å². The largest absolute Gasteiger partial charge is 0.497 e. The molecule has 2 aromatic carbocycles. The van der Waals surface area contributed by atoms with Gasteiger partial charge in [0, 0.05) is 19.6 Å². The van der Waals surface area contributed by atoms with Gasteiger partial charge in [-0.05, 0) is 61.5 Å². The fourth-order valence-corrected chi connectivity index (χ4v) is 4.16. The molecule has 3 rings (SSSR count). The molecule has 7 heteroatoms. The number of sulfonamides is 1. The molecule has 0 bridgehead atoms. The minimum absolute atomic E-state index is 0.000209. The van der Waals surface area contributed by atoms with Gasteiger partial charge in [-0.15, -0.1) is 0 Å². The molecular formula is C18H22N2O4S. The quantitative estimate of drug-likeness (QED) is 0.855. The molecular weight excluding hydrogens is 340 g/mol. The van der Waals surface area contributed by atoms with Crippen LogP contribution in [0, 0.1) is 0 Å². The van der Waals surface area contributed by atoms with E-state index in [0.717, 1.165) is 18.7 Å². The summed E-state index contributed by atoms with van der Waals surface area (Å²) < 4.78 is 37.7. The molecule has 25 heavy (non-hydrogen) atoms. The maximum atomic E-state index is 12.7. The molecule has 1 heterocycles. The predicted molar refractivity (Wildman–Crippen MR) is 95.7 cm³/mol. The highest BCUT2D eigenvalue weighted by Crippen LogP contribution is 2.26. The van der Waals surface area contributed by atoms with E-state index in [1.807, 2.05) is 0 Å². The minimum atomic E-state index is -3.50. The van der Waals surface area contributed by atoms with Crippen molar-refractivity contribution in [1.29, 1.82) is 0 Å². The highest BCUT2D eigenvalue weighted by Gasteiger charge is 2.29. The van der Waals surface area contributed by atoms with E-state index >= 15 is 0 Å². The molecule has 1 saturated heterocycles. The average Bonchev–Trinajstić information content (AvgIpc) is 3.16. The molecule has 0 aromatic heterocycles. The van der Waals surface area contributed by atoms with Gasteiger partial charge in [-0.1, -0.05) is 0 Å². The number of rotatable bonds is 6. The van der Waals surface area contributed by atoms with Gasteiger partial charge in [-0.2, -0.15) is 4.31 Å². The maximum Gasteiger partial charge on any atom is 0.243 e. The third kappa shape index (κ3) is 3.95. The van der Waals surface area contributed by atoms with Crippen LogP contribution in [0.1, 0.15) is 6.42 Å². The Hall–Kier alpha value is -2.09. The van der Waals surface area contributed by atoms with Crippen molar-refractivity contribution >= 4 is 10.0 Å². The highest BCUT2D eigenvalue weighted by atomic mass is 32.2. The van der Waals surface area contributed by atoms with Crippen LogP contribution in [0.5, 0.6) is 17.2 Å². The molecule has 1 N–H and O–H groups in total. The number of methoxy groups -OCH3 is 1. The first kappa shape index (κ1) is 17.7. The van der Waals surface area contributed by atoms with Gasteiger partial charge in [0.05, 0.1) is 12.0 Å². The third-order valence-electron chi connectivity index (χ3n) is 4.34. The summed E-state index contributed by atoms with van der Waals surface area (Å²) in [5.74, 6) is 1.98. The molecule has 2 aromatic rings. The Labute approximate surface area is 148 Å². The zero-order valence-corrected chi connectivity index (χ0v) is 15.1. The summed E-state index contributed by atoms with van der Waals surface area (Å²) >= 11 is 0. The molecule has 0 aliphatic carbocycles. The smallest absolute Gasteiger partial charge is 0.243 e. The summed E-state index contributed by atoms with van der Waals surface area (Å²) in [5.41, 5.74) is 0. The monoisotopic (exact) mass is 362 g/mol. The van der Waals surface area contributed by atoms with Crippen molar-refractivity contribution in [2.24, 2.45) is 0 Å². The fourth-order valence-electron chi connectivity index (χ4n) is 2.77. The lowest BCUT2D eigenvalue weighted by Crippen LogP contribution is -2.38. The van der Waals surface area contributed by atoms with Crippen molar-refractivity contribution < 1.29 is 17.9 Å². The lowest BCUT2D eigenvalue weighted by Gasteiger charge is -2.23. The van der Waals surface area contributed by atoms with E-state index in [-0.39, 0.29) is 10.9 Å². The predicted octanol–water partition coefficient (Wildman–Crippen LogP) is 2.47. The fraction of sp³-hybridized carbons (Fsp3) is 0.333. The summed E-state index contributed by atoms with van der Waals surface area (Å²) in [5, 5.41) is 3.19. The Kier molecular flexibility index (Phi) is 5.27. The summed E-state index contributed by atoms with van der Waals surface area (Å²) in [6, 6.07) is 13.7. The first-order valence-corrected chi connectivity index (χ1v) is 9.55. The molecule has 1 atom stereocenters. The Balaban J connectivity index is 1.72. The number of hydrogen-bond donors (Lipinski definition) is 1. The Morgan fingerprint density at radius 1 is 1.00 bits per heavy atom. The van der Waals surface area contributed by atoms with Crippen molar-refractivity contribution in [3.05, 3.63) is 48.5 Å². The molecule has 1 aliphatic heterocycles. The van der Waals surface area contributed by atoms with Crippen LogP contribution in [0.15, 0.2) is 53.4 Å². The molecule has 6 nitrogen and oxygen atoms in total. The van der Waals surface area contributed by atoms with Crippen molar-refractivity contribution in [3.8, 4) is 17.2 Å². The average molecular weight is 362 g/mol. The maximum absolute atomic E-state index is 12.7. The number of nitrogens with one attached hydrogen (secondary N) is 1. The van der Waals surface area contributed by atoms with E-state index in [1.54, 1.807) is 62.7 Å². The molecule has 134 valence electrons. The SMILES string of the molecule is COc1ccc(Oc2ccc(S(=O)(=O)N(C)C3CCNC3)cc2)cc1. The van der Waals surface area contributed by atoms with Crippen LogP contribution in [0.4, 0.5) is 0 Å². The minimum Gasteiger partial charge on any atom is -0.497 e. The van der Waals surface area contributed by atoms with E-state index in [4.69, 9.17) is 9.47 Å². The highest BCUT2D eigenvalue weighted by molar-refractivity contribution is 7.89. The van der Waals surface area contributed by atoms with E-state index in [9.17, 15) is 8.42 Å². The molecule has 0 saturated carbocycles. The van der Waals surface area contributed by atoms with Crippen LogP contribution in [0.2, 0.25) is 0 Å². The van der Waals surface area contributed by atoms with Gasteiger partial charge in [0.1, 0.15) is 17.2 Å². The standard InChI is InChI=1S/C18H22N2O4S/c1-20(14-11-12-19-13-14)25(21,22)18-9-7-17(8-10-18)24-16-5-3-15(23-2)4-6-16/h3-10,14,19H,11-13H2,1-2H3. The van der Waals surface area contributed by atoms with E-state index < -0.39 is 10.0 Å². The molecule has 0 radical (unpaired) electrons. The number of nitrogens with zero attached hydrogens (tertiary/aromatic N) is 1. The Bertz CT molecular complexity index is 798. The summed E-state index contributed by atoms with van der Waals surface area (Å²) in [6.45, 7) is 1.54. The van der Waals surface area contributed by atoms with Crippen LogP contribution >= 0.6 is 0 Å². The lowest BCUT2D eigenvalue weighted by atomic mass is 10.3. The van der Waals surface area contributed by atoms with Crippen LogP contribution in [0.3, 0.4) is 0 Å². The Morgan fingerprint density at radius 3 is 2.08 bits per heavy atom. The van der Waals surface area contributed by atoms with Crippen molar-refractivity contribution in [3.63, 3.8) is 0 Å². The third-order valence-corrected chi connectivity index (χ3v) is 6.27. The molecule has 1 aliphatic rings. The van der Waals surface area contributed by atoms with Gasteiger partial charge < -0.3 is 14.8 Å². The second kappa shape index (κ2) is 7.43. The number of benzene rings is 2. The van der Waals surface area contributed by atoms with Crippen LogP contribution in [0.25, 0.3) is 0 Å². The first-order chi connectivity index (χ1) is 12.0. The van der Waals surface area contributed by atoms with Crippen molar-refractivity contribution in [2.75, 3.05) is 27.2 Å². The normalized spacial score (nSPS) is 17.6. The summed E-state index contributed by atoms with van der Waals surface area (Å²) in [6.07, 6.45) is 0.828. The number of ether oxygens (including phenoxy) is 2. The van der Waals surface area contributed by atoms with Crippen LogP contribution < -0.4 is 14.8 Å². The zero-order valence-electron chi connectivity index (χ0n) is 14.3. The van der Waals surface area contributed by atoms with Crippen LogP contribution in [-0.4, -0.2) is 46.0 Å². The van der Waals surface area contributed by atoms with Crippen molar-refractivity contribution in [2.45, 2.75) is 17.4 Å². The first-order valence-electron chi connectivity index (χ1n) is 8.11. The van der Waals surface area contributed by atoms with Gasteiger partial charge >= 0.3 is 0 Å². The molecule has 0 spiro atoms. The number of hydrogen-bond acceptors (Lipinski definition) is 5. The molecule has 0 amide bonds. The second-order valence-corrected chi connectivity index (χ2v) is 7.91. The molecule has 1 fully saturated rings. The summed E-state index contributed by atoms with van der Waals surface area (Å²) in [7, 11) is -0.261. The van der Waals surface area contributed by atoms with Crippen LogP contribution in [-0.2, 0) is 10.0 Å². The van der Waals surface area contributed by atoms with E-state index in [1.165, 1.54) is 4.31 Å². The van der Waals surface area contributed by atoms with Gasteiger partial charge in [-0.3, -0.25) is 0 Å².